The largest absolute Gasteiger partial charge is 0.454 e. The van der Waals surface area contributed by atoms with Gasteiger partial charge < -0.3 is 20.1 Å². The molecule has 18 heavy (non-hydrogen) atoms. The zero-order valence-corrected chi connectivity index (χ0v) is 10.2. The molecule has 0 saturated carbocycles. The molecule has 96 valence electrons. The lowest BCUT2D eigenvalue weighted by Gasteiger charge is -2.27. The van der Waals surface area contributed by atoms with E-state index in [0.29, 0.717) is 0 Å². The highest BCUT2D eigenvalue weighted by atomic mass is 16.7. The first kappa shape index (κ1) is 11.3. The van der Waals surface area contributed by atoms with Crippen LogP contribution in [0.15, 0.2) is 18.2 Å². The van der Waals surface area contributed by atoms with E-state index in [9.17, 15) is 4.79 Å². The average Bonchev–Trinajstić information content (AvgIpc) is 2.72. The summed E-state index contributed by atoms with van der Waals surface area (Å²) in [7, 11) is 0. The Balaban J connectivity index is 1.68. The molecule has 2 aliphatic heterocycles. The molecule has 1 aromatic carbocycles. The second-order valence-corrected chi connectivity index (χ2v) is 4.70. The maximum absolute atomic E-state index is 11.8. The zero-order valence-electron chi connectivity index (χ0n) is 10.2. The van der Waals surface area contributed by atoms with Gasteiger partial charge in [-0.25, -0.2) is 0 Å². The first-order valence-electron chi connectivity index (χ1n) is 6.14. The van der Waals surface area contributed by atoms with Crippen molar-refractivity contribution in [2.45, 2.75) is 13.0 Å². The molecular weight excluding hydrogens is 232 g/mol. The molecule has 0 aliphatic carbocycles. The maximum atomic E-state index is 11.8. The second kappa shape index (κ2) is 4.49. The predicted molar refractivity (Wildman–Crippen MR) is 65.5 cm³/mol. The Bertz CT molecular complexity index is 471. The number of carbonyl (C=O) groups is 1. The summed E-state index contributed by atoms with van der Waals surface area (Å²) in [6.45, 7) is 3.80. The molecule has 3 rings (SSSR count). The Labute approximate surface area is 105 Å². The minimum Gasteiger partial charge on any atom is -0.454 e. The van der Waals surface area contributed by atoms with E-state index in [1.165, 1.54) is 0 Å². The average molecular weight is 248 g/mol. The molecule has 1 aromatic rings. The van der Waals surface area contributed by atoms with Crippen LogP contribution >= 0.6 is 0 Å². The molecule has 2 heterocycles. The molecule has 0 aromatic heterocycles. The molecule has 1 unspecified atom stereocenters. The van der Waals surface area contributed by atoms with E-state index in [-0.39, 0.29) is 24.7 Å². The van der Waals surface area contributed by atoms with Gasteiger partial charge in [-0.15, -0.1) is 0 Å². The summed E-state index contributed by atoms with van der Waals surface area (Å²) in [5.74, 6) is 1.74. The van der Waals surface area contributed by atoms with Crippen molar-refractivity contribution in [2.75, 3.05) is 19.9 Å². The van der Waals surface area contributed by atoms with Crippen LogP contribution in [-0.2, 0) is 4.79 Å². The Hall–Kier alpha value is -1.75. The van der Waals surface area contributed by atoms with Crippen molar-refractivity contribution in [1.82, 2.24) is 10.6 Å². The SMILES string of the molecule is CC(NC(=O)C1CNC1)c1ccc2c(c1)OCO2. The van der Waals surface area contributed by atoms with Gasteiger partial charge in [0, 0.05) is 13.1 Å². The van der Waals surface area contributed by atoms with Crippen molar-refractivity contribution in [3.63, 3.8) is 0 Å². The molecular formula is C13H16N2O3. The van der Waals surface area contributed by atoms with Crippen molar-refractivity contribution in [3.8, 4) is 11.5 Å². The standard InChI is InChI=1S/C13H16N2O3/c1-8(15-13(16)10-5-14-6-10)9-2-3-11-12(4-9)18-7-17-11/h2-4,8,10,14H,5-7H2,1H3,(H,15,16). The smallest absolute Gasteiger partial charge is 0.231 e. The van der Waals surface area contributed by atoms with Gasteiger partial charge in [0.05, 0.1) is 12.0 Å². The number of ether oxygens (including phenoxy) is 2. The van der Waals surface area contributed by atoms with Crippen LogP contribution in [0.25, 0.3) is 0 Å². The van der Waals surface area contributed by atoms with E-state index in [2.05, 4.69) is 10.6 Å². The van der Waals surface area contributed by atoms with Gasteiger partial charge in [0.15, 0.2) is 11.5 Å². The third kappa shape index (κ3) is 2.01. The minimum atomic E-state index is -0.0207. The van der Waals surface area contributed by atoms with Gasteiger partial charge in [0.2, 0.25) is 12.7 Å². The van der Waals surface area contributed by atoms with Gasteiger partial charge in [0.25, 0.3) is 0 Å². The van der Waals surface area contributed by atoms with Crippen molar-refractivity contribution in [1.29, 1.82) is 0 Å². The molecule has 5 heteroatoms. The summed E-state index contributed by atoms with van der Waals surface area (Å²) in [4.78, 5) is 11.8. The Morgan fingerprint density at radius 1 is 1.39 bits per heavy atom. The Morgan fingerprint density at radius 2 is 2.17 bits per heavy atom. The molecule has 2 aliphatic rings. The van der Waals surface area contributed by atoms with Crippen molar-refractivity contribution in [3.05, 3.63) is 23.8 Å². The van der Waals surface area contributed by atoms with Crippen LogP contribution in [-0.4, -0.2) is 25.8 Å². The third-order valence-corrected chi connectivity index (χ3v) is 3.41. The number of amides is 1. The quantitative estimate of drug-likeness (QED) is 0.831. The van der Waals surface area contributed by atoms with Gasteiger partial charge in [-0.2, -0.15) is 0 Å². The third-order valence-electron chi connectivity index (χ3n) is 3.41. The van der Waals surface area contributed by atoms with E-state index in [1.54, 1.807) is 0 Å². The van der Waals surface area contributed by atoms with Crippen LogP contribution in [0.5, 0.6) is 11.5 Å². The van der Waals surface area contributed by atoms with E-state index in [1.807, 2.05) is 25.1 Å². The minimum absolute atomic E-state index is 0.0207. The van der Waals surface area contributed by atoms with E-state index in [4.69, 9.17) is 9.47 Å². The number of benzene rings is 1. The Morgan fingerprint density at radius 3 is 2.89 bits per heavy atom. The highest BCUT2D eigenvalue weighted by Gasteiger charge is 2.26. The van der Waals surface area contributed by atoms with Crippen LogP contribution < -0.4 is 20.1 Å². The van der Waals surface area contributed by atoms with Crippen molar-refractivity contribution in [2.24, 2.45) is 5.92 Å². The molecule has 0 spiro atoms. The molecule has 5 nitrogen and oxygen atoms in total. The molecule has 1 saturated heterocycles. The first-order chi connectivity index (χ1) is 8.74. The first-order valence-corrected chi connectivity index (χ1v) is 6.14. The molecule has 1 amide bonds. The number of carbonyl (C=O) groups excluding carboxylic acids is 1. The van der Waals surface area contributed by atoms with Gasteiger partial charge in [-0.1, -0.05) is 6.07 Å². The lowest BCUT2D eigenvalue weighted by molar-refractivity contribution is -0.127. The van der Waals surface area contributed by atoms with Gasteiger partial charge in [-0.05, 0) is 24.6 Å². The van der Waals surface area contributed by atoms with E-state index in [0.717, 1.165) is 30.2 Å². The van der Waals surface area contributed by atoms with E-state index >= 15 is 0 Å². The summed E-state index contributed by atoms with van der Waals surface area (Å²) in [6, 6.07) is 5.74. The summed E-state index contributed by atoms with van der Waals surface area (Å²) in [6.07, 6.45) is 0. The number of fused-ring (bicyclic) bond motifs is 1. The lowest BCUT2D eigenvalue weighted by atomic mass is 10.0. The van der Waals surface area contributed by atoms with Crippen LogP contribution in [0.2, 0.25) is 0 Å². The Kier molecular flexibility index (Phi) is 2.83. The van der Waals surface area contributed by atoms with Crippen LogP contribution in [0.3, 0.4) is 0 Å². The fourth-order valence-electron chi connectivity index (χ4n) is 2.07. The highest BCUT2D eigenvalue weighted by molar-refractivity contribution is 5.80. The zero-order chi connectivity index (χ0) is 12.5. The number of hydrogen-bond donors (Lipinski definition) is 2. The second-order valence-electron chi connectivity index (χ2n) is 4.70. The maximum Gasteiger partial charge on any atom is 0.231 e. The van der Waals surface area contributed by atoms with Crippen molar-refractivity contribution < 1.29 is 14.3 Å². The van der Waals surface area contributed by atoms with Crippen LogP contribution in [0.1, 0.15) is 18.5 Å². The fourth-order valence-corrected chi connectivity index (χ4v) is 2.07. The predicted octanol–water partition coefficient (Wildman–Crippen LogP) is 0.812. The molecule has 1 atom stereocenters. The normalized spacial score (nSPS) is 19.2. The fraction of sp³-hybridized carbons (Fsp3) is 0.462. The van der Waals surface area contributed by atoms with Gasteiger partial charge in [0.1, 0.15) is 0 Å². The van der Waals surface area contributed by atoms with E-state index < -0.39 is 0 Å². The monoisotopic (exact) mass is 248 g/mol. The highest BCUT2D eigenvalue weighted by Crippen LogP contribution is 2.34. The summed E-state index contributed by atoms with van der Waals surface area (Å²) < 4.78 is 10.6. The molecule has 0 radical (unpaired) electrons. The van der Waals surface area contributed by atoms with Crippen LogP contribution in [0.4, 0.5) is 0 Å². The summed E-state index contributed by atoms with van der Waals surface area (Å²) >= 11 is 0. The molecule has 2 N–H and O–H groups in total. The van der Waals surface area contributed by atoms with Gasteiger partial charge in [-0.3, -0.25) is 4.79 Å². The summed E-state index contributed by atoms with van der Waals surface area (Å²) in [5.41, 5.74) is 1.03. The molecule has 1 fully saturated rings. The lowest BCUT2D eigenvalue weighted by Crippen LogP contribution is -2.51. The van der Waals surface area contributed by atoms with Gasteiger partial charge >= 0.3 is 0 Å². The summed E-state index contributed by atoms with van der Waals surface area (Å²) in [5, 5.41) is 6.11. The number of hydrogen-bond acceptors (Lipinski definition) is 4. The molecule has 0 bridgehead atoms. The number of nitrogens with one attached hydrogen (secondary N) is 2. The topological polar surface area (TPSA) is 59.6 Å². The number of rotatable bonds is 3. The van der Waals surface area contributed by atoms with Crippen molar-refractivity contribution >= 4 is 5.91 Å². The van der Waals surface area contributed by atoms with Crippen LogP contribution in [0, 0.1) is 5.92 Å².